The Morgan fingerprint density at radius 2 is 1.65 bits per heavy atom. The number of rotatable bonds is 8. The van der Waals surface area contributed by atoms with Crippen LogP contribution in [0.1, 0.15) is 84.8 Å². The Balaban J connectivity index is 1.64. The lowest BCUT2D eigenvalue weighted by molar-refractivity contribution is 0.0697. The highest BCUT2D eigenvalue weighted by Gasteiger charge is 2.39. The minimum absolute atomic E-state index is 0.00568. The molecule has 0 saturated heterocycles. The Morgan fingerprint density at radius 1 is 1.00 bits per heavy atom. The fourth-order valence-corrected chi connectivity index (χ4v) is 5.16. The van der Waals surface area contributed by atoms with Gasteiger partial charge in [-0.25, -0.2) is 9.18 Å². The zero-order chi connectivity index (χ0) is 26.8. The lowest BCUT2D eigenvalue weighted by Crippen LogP contribution is -2.35. The smallest absolute Gasteiger partial charge is 0.335 e. The number of carboxylic acid groups (broad SMARTS) is 1. The van der Waals surface area contributed by atoms with E-state index in [1.165, 1.54) is 23.3 Å². The van der Waals surface area contributed by atoms with Crippen LogP contribution in [0.2, 0.25) is 0 Å². The van der Waals surface area contributed by atoms with Crippen LogP contribution < -0.4 is 5.32 Å². The second-order valence-corrected chi connectivity index (χ2v) is 11.3. The van der Waals surface area contributed by atoms with Crippen molar-refractivity contribution in [2.75, 3.05) is 11.9 Å². The van der Waals surface area contributed by atoms with Crippen molar-refractivity contribution < 1.29 is 19.4 Å². The van der Waals surface area contributed by atoms with Gasteiger partial charge in [-0.15, -0.1) is 0 Å². The summed E-state index contributed by atoms with van der Waals surface area (Å²) < 4.78 is 13.3. The number of nitrogens with one attached hydrogen (secondary N) is 1. The predicted molar refractivity (Wildman–Crippen MR) is 148 cm³/mol. The summed E-state index contributed by atoms with van der Waals surface area (Å²) in [4.78, 5) is 11.1. The highest BCUT2D eigenvalue weighted by atomic mass is 19.1. The van der Waals surface area contributed by atoms with E-state index in [1.807, 2.05) is 18.2 Å². The van der Waals surface area contributed by atoms with Crippen LogP contribution in [0, 0.1) is 5.82 Å². The first-order valence-electron chi connectivity index (χ1n) is 12.8. The van der Waals surface area contributed by atoms with Crippen molar-refractivity contribution in [1.82, 2.24) is 0 Å². The second-order valence-electron chi connectivity index (χ2n) is 11.3. The molecule has 4 rings (SSSR count). The van der Waals surface area contributed by atoms with Gasteiger partial charge in [-0.2, -0.15) is 0 Å². The minimum Gasteiger partial charge on any atom is -0.478 e. The molecule has 1 atom stereocenters. The van der Waals surface area contributed by atoms with Crippen LogP contribution in [0.3, 0.4) is 0 Å². The van der Waals surface area contributed by atoms with Gasteiger partial charge in [-0.1, -0.05) is 70.2 Å². The van der Waals surface area contributed by atoms with Crippen molar-refractivity contribution in [3.05, 3.63) is 106 Å². The molecule has 0 radical (unpaired) electrons. The molecule has 0 aromatic heterocycles. The molecule has 0 aliphatic heterocycles. The third-order valence-electron chi connectivity index (χ3n) is 7.55. The lowest BCUT2D eigenvalue weighted by atomic mass is 9.62. The highest BCUT2D eigenvalue weighted by molar-refractivity contribution is 5.87. The van der Waals surface area contributed by atoms with Crippen molar-refractivity contribution in [3.63, 3.8) is 0 Å². The molecule has 4 nitrogen and oxygen atoms in total. The van der Waals surface area contributed by atoms with E-state index >= 15 is 0 Å². The lowest BCUT2D eigenvalue weighted by Gasteiger charge is -2.43. The van der Waals surface area contributed by atoms with Gasteiger partial charge in [0, 0.05) is 12.2 Å². The van der Waals surface area contributed by atoms with Crippen LogP contribution in [0.4, 0.5) is 10.1 Å². The maximum atomic E-state index is 13.3. The number of hydrogen-bond acceptors (Lipinski definition) is 3. The summed E-state index contributed by atoms with van der Waals surface area (Å²) in [6.45, 7) is 9.78. The van der Waals surface area contributed by atoms with Gasteiger partial charge in [0.25, 0.3) is 0 Å². The van der Waals surface area contributed by atoms with E-state index in [0.29, 0.717) is 6.54 Å². The first-order chi connectivity index (χ1) is 17.5. The van der Waals surface area contributed by atoms with Gasteiger partial charge < -0.3 is 15.5 Å². The van der Waals surface area contributed by atoms with E-state index < -0.39 is 12.1 Å². The quantitative estimate of drug-likeness (QED) is 0.303. The van der Waals surface area contributed by atoms with E-state index in [2.05, 4.69) is 45.1 Å². The number of carboxylic acids is 1. The first-order valence-corrected chi connectivity index (χ1v) is 12.8. The summed E-state index contributed by atoms with van der Waals surface area (Å²) in [5, 5.41) is 23.9. The van der Waals surface area contributed by atoms with Gasteiger partial charge in [0.1, 0.15) is 5.82 Å². The topological polar surface area (TPSA) is 69.6 Å². The molecule has 0 saturated carbocycles. The van der Waals surface area contributed by atoms with E-state index in [-0.39, 0.29) is 22.2 Å². The number of halogens is 1. The average Bonchev–Trinajstić information content (AvgIpc) is 2.86. The van der Waals surface area contributed by atoms with Gasteiger partial charge in [-0.05, 0) is 88.2 Å². The number of aliphatic hydroxyl groups excluding tert-OH is 1. The Labute approximate surface area is 218 Å². The molecule has 194 valence electrons. The number of anilines is 1. The fourth-order valence-electron chi connectivity index (χ4n) is 5.16. The van der Waals surface area contributed by atoms with Gasteiger partial charge in [0.05, 0.1) is 11.7 Å². The number of fused-ring (bicyclic) bond motifs is 1. The molecule has 3 aromatic carbocycles. The summed E-state index contributed by atoms with van der Waals surface area (Å²) in [6.07, 6.45) is 5.63. The number of carbonyl (C=O) groups is 1. The van der Waals surface area contributed by atoms with Gasteiger partial charge >= 0.3 is 5.97 Å². The standard InChI is InChI=1S/C32H36FNO3/c1-31(2)16-17-32(3,4)29-26(31)19-24(20-27(29)34-18-15-22-7-12-25(33)13-8-22)28(35)14-9-21-5-10-23(11-6-21)30(36)37/h5-14,19-20,28,34-35H,15-18H2,1-4H3,(H,36,37). The molecule has 0 spiro atoms. The van der Waals surface area contributed by atoms with Crippen LogP contribution in [0.5, 0.6) is 0 Å². The number of aromatic carboxylic acids is 1. The second kappa shape index (κ2) is 10.5. The van der Waals surface area contributed by atoms with Gasteiger partial charge in [-0.3, -0.25) is 0 Å². The predicted octanol–water partition coefficient (Wildman–Crippen LogP) is 7.27. The largest absolute Gasteiger partial charge is 0.478 e. The van der Waals surface area contributed by atoms with E-state index in [9.17, 15) is 14.3 Å². The summed E-state index contributed by atoms with van der Waals surface area (Å²) in [5.41, 5.74) is 6.48. The van der Waals surface area contributed by atoms with Crippen LogP contribution in [0.25, 0.3) is 6.08 Å². The molecule has 0 amide bonds. The Morgan fingerprint density at radius 3 is 2.30 bits per heavy atom. The van der Waals surface area contributed by atoms with Crippen LogP contribution >= 0.6 is 0 Å². The number of hydrogen-bond donors (Lipinski definition) is 3. The highest BCUT2D eigenvalue weighted by Crippen LogP contribution is 2.49. The Bertz CT molecular complexity index is 1290. The summed E-state index contributed by atoms with van der Waals surface area (Å²) in [6, 6.07) is 17.4. The summed E-state index contributed by atoms with van der Waals surface area (Å²) in [7, 11) is 0. The van der Waals surface area contributed by atoms with E-state index in [4.69, 9.17) is 5.11 Å². The third kappa shape index (κ3) is 6.11. The molecule has 1 aliphatic carbocycles. The molecule has 3 aromatic rings. The molecule has 5 heteroatoms. The number of aliphatic hydroxyl groups is 1. The van der Waals surface area contributed by atoms with Crippen molar-refractivity contribution in [1.29, 1.82) is 0 Å². The van der Waals surface area contributed by atoms with Crippen LogP contribution in [0.15, 0.2) is 66.7 Å². The van der Waals surface area contributed by atoms with E-state index in [0.717, 1.165) is 41.6 Å². The molecule has 0 fully saturated rings. The molecule has 0 bridgehead atoms. The third-order valence-corrected chi connectivity index (χ3v) is 7.55. The summed E-state index contributed by atoms with van der Waals surface area (Å²) >= 11 is 0. The molecule has 1 aliphatic rings. The van der Waals surface area contributed by atoms with Crippen LogP contribution in [-0.2, 0) is 17.3 Å². The normalized spacial score (nSPS) is 16.8. The van der Waals surface area contributed by atoms with Gasteiger partial charge in [0.15, 0.2) is 0 Å². The molecular weight excluding hydrogens is 465 g/mol. The van der Waals surface area contributed by atoms with Crippen LogP contribution in [-0.4, -0.2) is 22.7 Å². The molecule has 0 heterocycles. The maximum Gasteiger partial charge on any atom is 0.335 e. The monoisotopic (exact) mass is 501 g/mol. The molecular formula is C32H36FNO3. The van der Waals surface area contributed by atoms with Crippen molar-refractivity contribution in [2.24, 2.45) is 0 Å². The van der Waals surface area contributed by atoms with Crippen molar-refractivity contribution in [2.45, 2.75) is 63.9 Å². The molecule has 37 heavy (non-hydrogen) atoms. The molecule has 3 N–H and O–H groups in total. The van der Waals surface area contributed by atoms with Gasteiger partial charge in [0.2, 0.25) is 0 Å². The van der Waals surface area contributed by atoms with Crippen molar-refractivity contribution in [3.8, 4) is 0 Å². The minimum atomic E-state index is -0.963. The fraction of sp³-hybridized carbons (Fsp3) is 0.344. The Hall–Kier alpha value is -3.44. The zero-order valence-corrected chi connectivity index (χ0v) is 22.0. The average molecular weight is 502 g/mol. The molecule has 1 unspecified atom stereocenters. The zero-order valence-electron chi connectivity index (χ0n) is 22.0. The Kier molecular flexibility index (Phi) is 7.56. The van der Waals surface area contributed by atoms with E-state index in [1.54, 1.807) is 30.3 Å². The van der Waals surface area contributed by atoms with Crippen molar-refractivity contribution >= 4 is 17.7 Å². The summed E-state index contributed by atoms with van der Waals surface area (Å²) in [5.74, 6) is -1.20. The maximum absolute atomic E-state index is 13.3. The number of benzene rings is 3. The SMILES string of the molecule is CC1(C)CCC(C)(C)c2c(NCCc3ccc(F)cc3)cc(C(O)C=Cc3ccc(C(=O)O)cc3)cc21. The first kappa shape index (κ1) is 26.6.